The van der Waals surface area contributed by atoms with Crippen molar-refractivity contribution in [1.82, 2.24) is 29.4 Å². The summed E-state index contributed by atoms with van der Waals surface area (Å²) in [5.41, 5.74) is -0.215. The molecule has 0 saturated carbocycles. The van der Waals surface area contributed by atoms with E-state index in [1.54, 1.807) is 29.0 Å². The molecule has 0 spiro atoms. The number of pyridine rings is 3. The Labute approximate surface area is 254 Å². The van der Waals surface area contributed by atoms with Gasteiger partial charge in [0.2, 0.25) is 5.91 Å². The molecular weight excluding hydrogens is 598 g/mol. The van der Waals surface area contributed by atoms with Gasteiger partial charge in [-0.25, -0.2) is 18.7 Å². The monoisotopic (exact) mass is 627 g/mol. The molecule has 1 amide bonds. The van der Waals surface area contributed by atoms with Crippen molar-refractivity contribution in [2.75, 3.05) is 24.5 Å². The molecule has 0 bridgehead atoms. The highest BCUT2D eigenvalue weighted by Gasteiger charge is 2.36. The summed E-state index contributed by atoms with van der Waals surface area (Å²) in [6.45, 7) is 11.9. The van der Waals surface area contributed by atoms with Crippen molar-refractivity contribution in [3.05, 3.63) is 82.6 Å². The first-order chi connectivity index (χ1) is 20.8. The minimum Gasteiger partial charge on any atom is -0.350 e. The van der Waals surface area contributed by atoms with E-state index in [9.17, 15) is 22.8 Å². The lowest BCUT2D eigenvalue weighted by atomic mass is 10.0. The lowest BCUT2D eigenvalue weighted by molar-refractivity contribution is -0.143. The second kappa shape index (κ2) is 12.0. The average molecular weight is 628 g/mol. The van der Waals surface area contributed by atoms with Crippen LogP contribution >= 0.6 is 11.8 Å². The Hall–Kier alpha value is -4.33. The van der Waals surface area contributed by atoms with Crippen LogP contribution in [0.2, 0.25) is 0 Å². The third-order valence-electron chi connectivity index (χ3n) is 7.33. The lowest BCUT2D eigenvalue weighted by Crippen LogP contribution is -2.54. The van der Waals surface area contributed by atoms with Crippen molar-refractivity contribution in [3.8, 4) is 5.69 Å². The molecule has 9 nitrogen and oxygen atoms in total. The van der Waals surface area contributed by atoms with Crippen molar-refractivity contribution < 1.29 is 22.4 Å². The molecule has 5 rings (SSSR count). The van der Waals surface area contributed by atoms with Crippen molar-refractivity contribution in [3.63, 3.8) is 0 Å². The van der Waals surface area contributed by atoms with Gasteiger partial charge in [-0.05, 0) is 55.7 Å². The van der Waals surface area contributed by atoms with Gasteiger partial charge >= 0.3 is 11.9 Å². The third-order valence-corrected chi connectivity index (χ3v) is 8.35. The van der Waals surface area contributed by atoms with Crippen LogP contribution in [-0.2, 0) is 11.0 Å². The van der Waals surface area contributed by atoms with Crippen LogP contribution in [0.1, 0.15) is 43.6 Å². The van der Waals surface area contributed by atoms with E-state index in [1.807, 2.05) is 20.8 Å². The van der Waals surface area contributed by atoms with Gasteiger partial charge in [-0.15, -0.1) is 0 Å². The highest BCUT2D eigenvalue weighted by atomic mass is 32.2. The van der Waals surface area contributed by atoms with E-state index in [4.69, 9.17) is 0 Å². The van der Waals surface area contributed by atoms with Crippen LogP contribution in [0.3, 0.4) is 0 Å². The second-order valence-electron chi connectivity index (χ2n) is 10.7. The quantitative estimate of drug-likeness (QED) is 0.203. The van der Waals surface area contributed by atoms with E-state index >= 15 is 4.39 Å². The molecule has 1 aliphatic rings. The highest BCUT2D eigenvalue weighted by Crippen LogP contribution is 2.40. The number of piperazine rings is 1. The zero-order chi connectivity index (χ0) is 31.9. The molecule has 0 N–H and O–H groups in total. The zero-order valence-electron chi connectivity index (χ0n) is 24.4. The summed E-state index contributed by atoms with van der Waals surface area (Å²) in [5.74, 6) is -1.10. The van der Waals surface area contributed by atoms with Gasteiger partial charge in [-0.3, -0.25) is 14.8 Å². The maximum absolute atomic E-state index is 15.8. The number of alkyl halides is 3. The first kappa shape index (κ1) is 31.1. The van der Waals surface area contributed by atoms with E-state index in [0.29, 0.717) is 41.8 Å². The fraction of sp³-hybridized carbons (Fsp3) is 0.333. The first-order valence-corrected chi connectivity index (χ1v) is 14.6. The van der Waals surface area contributed by atoms with Gasteiger partial charge in [-0.2, -0.15) is 18.2 Å². The zero-order valence-corrected chi connectivity index (χ0v) is 25.2. The largest absolute Gasteiger partial charge is 0.434 e. The van der Waals surface area contributed by atoms with E-state index in [2.05, 4.69) is 26.5 Å². The number of hydrogen-bond acceptors (Lipinski definition) is 8. The van der Waals surface area contributed by atoms with E-state index in [-0.39, 0.29) is 51.2 Å². The van der Waals surface area contributed by atoms with Crippen LogP contribution in [0, 0.1) is 12.7 Å². The Kier molecular flexibility index (Phi) is 8.47. The van der Waals surface area contributed by atoms with Crippen molar-refractivity contribution in [2.24, 2.45) is 0 Å². The van der Waals surface area contributed by atoms with Crippen LogP contribution in [0.4, 0.5) is 23.4 Å². The van der Waals surface area contributed by atoms with Gasteiger partial charge in [0.25, 0.3) is 0 Å². The van der Waals surface area contributed by atoms with Gasteiger partial charge in [0.05, 0.1) is 16.8 Å². The van der Waals surface area contributed by atoms with Gasteiger partial charge in [0.15, 0.2) is 17.2 Å². The molecule has 0 radical (unpaired) electrons. The molecule has 230 valence electrons. The summed E-state index contributed by atoms with van der Waals surface area (Å²) in [7, 11) is 0. The van der Waals surface area contributed by atoms with Gasteiger partial charge in [0, 0.05) is 43.0 Å². The van der Waals surface area contributed by atoms with Crippen LogP contribution in [0.25, 0.3) is 16.7 Å². The number of amides is 1. The summed E-state index contributed by atoms with van der Waals surface area (Å²) in [6, 6.07) is 5.05. The maximum Gasteiger partial charge on any atom is 0.434 e. The number of nitrogens with zero attached hydrogens (tertiary/aromatic N) is 7. The summed E-state index contributed by atoms with van der Waals surface area (Å²) in [6.07, 6.45) is -0.926. The maximum atomic E-state index is 15.8. The van der Waals surface area contributed by atoms with Gasteiger partial charge < -0.3 is 9.80 Å². The normalized spacial score (nSPS) is 15.7. The number of rotatable bonds is 6. The molecular formula is C30H29F4N7O2S. The predicted molar refractivity (Wildman–Crippen MR) is 159 cm³/mol. The van der Waals surface area contributed by atoms with E-state index in [0.717, 1.165) is 12.3 Å². The van der Waals surface area contributed by atoms with Gasteiger partial charge in [-0.1, -0.05) is 32.2 Å². The van der Waals surface area contributed by atoms with E-state index in [1.165, 1.54) is 22.8 Å². The molecule has 44 heavy (non-hydrogen) atoms. The summed E-state index contributed by atoms with van der Waals surface area (Å²) < 4.78 is 58.2. The standard InChI is InChI=1S/C30H29F4N7O2S/c1-6-22(42)39-12-13-40(18(5)15-39)26-19-14-20(31)28(44-21-8-7-10-36-25(21)30(32,33)34)37-27(19)41(29(43)38-26)24-17(4)9-11-35-23(24)16(2)3/h6-11,14,16,18H,1,12-13,15H2,2-5H3. The number of carbonyl (C=O) groups is 1. The number of hydrogen-bond donors (Lipinski definition) is 0. The minimum atomic E-state index is -4.78. The molecule has 0 aliphatic carbocycles. The molecule has 0 aromatic carbocycles. The molecule has 1 saturated heterocycles. The summed E-state index contributed by atoms with van der Waals surface area (Å²) in [4.78, 5) is 46.1. The number of anilines is 1. The Morgan fingerprint density at radius 2 is 1.91 bits per heavy atom. The first-order valence-electron chi connectivity index (χ1n) is 13.8. The molecule has 1 fully saturated rings. The Bertz CT molecular complexity index is 1830. The van der Waals surface area contributed by atoms with Crippen LogP contribution in [-0.4, -0.2) is 61.0 Å². The fourth-order valence-electron chi connectivity index (χ4n) is 5.26. The van der Waals surface area contributed by atoms with Crippen LogP contribution in [0.15, 0.2) is 64.0 Å². The Morgan fingerprint density at radius 3 is 2.57 bits per heavy atom. The second-order valence-corrected chi connectivity index (χ2v) is 11.7. The molecule has 1 atom stereocenters. The van der Waals surface area contributed by atoms with E-state index < -0.39 is 23.4 Å². The van der Waals surface area contributed by atoms with Crippen LogP contribution in [0.5, 0.6) is 0 Å². The molecule has 1 unspecified atom stereocenters. The fourth-order valence-corrected chi connectivity index (χ4v) is 6.17. The Morgan fingerprint density at radius 1 is 1.16 bits per heavy atom. The number of halogens is 4. The highest BCUT2D eigenvalue weighted by molar-refractivity contribution is 7.99. The smallest absolute Gasteiger partial charge is 0.350 e. The Balaban J connectivity index is 1.76. The lowest BCUT2D eigenvalue weighted by Gasteiger charge is -2.40. The average Bonchev–Trinajstić information content (AvgIpc) is 2.97. The number of carbonyl (C=O) groups excluding carboxylic acids is 1. The number of aryl methyl sites for hydroxylation is 1. The van der Waals surface area contributed by atoms with Gasteiger partial charge in [0.1, 0.15) is 10.8 Å². The SMILES string of the molecule is C=CC(=O)N1CCN(c2nc(=O)n(-c3c(C)ccnc3C(C)C)c3nc(Sc4cccnc4C(F)(F)F)c(F)cc23)C(C)C1. The molecule has 14 heteroatoms. The summed E-state index contributed by atoms with van der Waals surface area (Å²) in [5, 5.41) is -0.189. The minimum absolute atomic E-state index is 0.0103. The van der Waals surface area contributed by atoms with Crippen molar-refractivity contribution >= 4 is 34.5 Å². The molecule has 5 heterocycles. The number of fused-ring (bicyclic) bond motifs is 1. The van der Waals surface area contributed by atoms with Crippen LogP contribution < -0.4 is 10.6 Å². The number of aromatic nitrogens is 5. The molecule has 1 aliphatic heterocycles. The third kappa shape index (κ3) is 5.77. The topological polar surface area (TPSA) is 97.1 Å². The van der Waals surface area contributed by atoms with Crippen molar-refractivity contribution in [2.45, 2.75) is 55.8 Å². The van der Waals surface area contributed by atoms with Crippen molar-refractivity contribution in [1.29, 1.82) is 0 Å². The molecule has 4 aromatic rings. The predicted octanol–water partition coefficient (Wildman–Crippen LogP) is 5.53. The molecule has 4 aromatic heterocycles. The summed E-state index contributed by atoms with van der Waals surface area (Å²) >= 11 is 0.468.